The van der Waals surface area contributed by atoms with Gasteiger partial charge >= 0.3 is 0 Å². The average molecular weight is 1280 g/mol. The Labute approximate surface area is 569 Å². The zero-order valence-electron chi connectivity index (χ0n) is 52.7. The highest BCUT2D eigenvalue weighted by Gasteiger charge is 2.52. The van der Waals surface area contributed by atoms with Crippen molar-refractivity contribution in [1.29, 1.82) is 0 Å². The predicted molar refractivity (Wildman–Crippen MR) is 402 cm³/mol. The van der Waals surface area contributed by atoms with Gasteiger partial charge in [-0.15, -0.1) is 0 Å². The lowest BCUT2D eigenvalue weighted by molar-refractivity contribution is 0.436. The molecule has 460 valence electrons. The van der Waals surface area contributed by atoms with Gasteiger partial charge in [0.05, 0.1) is 16.5 Å². The molecular weight excluding hydrogens is 1220 g/mol. The number of nitrogens with zero attached hydrogens (tertiary/aromatic N) is 2. The van der Waals surface area contributed by atoms with Crippen LogP contribution in [0.4, 0.5) is 34.1 Å². The van der Waals surface area contributed by atoms with Crippen molar-refractivity contribution < 1.29 is 18.0 Å². The highest BCUT2D eigenvalue weighted by Crippen LogP contribution is 2.64. The van der Waals surface area contributed by atoms with E-state index in [0.717, 1.165) is 189 Å². The minimum absolute atomic E-state index is 0.682. The third-order valence-electron chi connectivity index (χ3n) is 20.1. The molecule has 1 aliphatic heterocycles. The molecule has 4 heterocycles. The van der Waals surface area contributed by atoms with Crippen molar-refractivity contribution in [2.45, 2.75) is 5.41 Å². The minimum Gasteiger partial charge on any atom is -0.457 e. The van der Waals surface area contributed by atoms with E-state index in [2.05, 4.69) is 307 Å². The van der Waals surface area contributed by atoms with Crippen LogP contribution >= 0.6 is 11.6 Å². The summed E-state index contributed by atoms with van der Waals surface area (Å²) in [4.78, 5) is 4.83. The number of fused-ring (bicyclic) bond motifs is 18. The summed E-state index contributed by atoms with van der Waals surface area (Å²) in [6, 6.07) is 119. The third-order valence-corrected chi connectivity index (χ3v) is 20.4. The lowest BCUT2D eigenvalue weighted by atomic mass is 9.65. The standard InChI is InChI=1S/C91H55ClN2O4/c92-62-41-38-57(39-42-62)59-40-45-79-86(50-59)96-85-47-44-66(94(63-25-8-3-9-26-63)81-49-61(56-20-4-1-5-21-56)51-87-88(81)73-31-13-17-37-84(73)95-87)55-80(85)91(79)77-34-14-10-28-69(77)75-52-65(43-46-78(75)91)93(64-27-18-24-60(48-64)68-32-19-33-72-70-29-11-15-35-82(70)97-89(68)72)67-53-74(58-22-6-2-7-23-58)90-76(54-67)71-30-12-16-36-83(71)98-90/h1-55H. The van der Waals surface area contributed by atoms with Crippen LogP contribution in [0.15, 0.2) is 347 Å². The summed E-state index contributed by atoms with van der Waals surface area (Å²) < 4.78 is 27.9. The molecule has 6 nitrogen and oxygen atoms in total. The molecule has 0 fully saturated rings. The second-order valence-corrected chi connectivity index (χ2v) is 26.0. The van der Waals surface area contributed by atoms with Gasteiger partial charge in [0.15, 0.2) is 0 Å². The topological polar surface area (TPSA) is 55.1 Å². The molecule has 7 heteroatoms. The number of rotatable bonds is 10. The first-order valence-corrected chi connectivity index (χ1v) is 33.5. The summed E-state index contributed by atoms with van der Waals surface area (Å²) in [5, 5.41) is 6.98. The Balaban J connectivity index is 0.840. The van der Waals surface area contributed by atoms with Crippen LogP contribution in [0.5, 0.6) is 11.5 Å². The first-order chi connectivity index (χ1) is 48.5. The largest absolute Gasteiger partial charge is 0.457 e. The Morgan fingerprint density at radius 2 is 0.806 bits per heavy atom. The van der Waals surface area contributed by atoms with Crippen molar-refractivity contribution in [3.63, 3.8) is 0 Å². The van der Waals surface area contributed by atoms with Crippen LogP contribution < -0.4 is 14.5 Å². The lowest BCUT2D eigenvalue weighted by Crippen LogP contribution is -2.32. The van der Waals surface area contributed by atoms with Crippen molar-refractivity contribution in [3.8, 4) is 67.1 Å². The van der Waals surface area contributed by atoms with Crippen molar-refractivity contribution in [2.75, 3.05) is 9.80 Å². The fourth-order valence-corrected chi connectivity index (χ4v) is 16.0. The van der Waals surface area contributed by atoms with Gasteiger partial charge in [-0.3, -0.25) is 0 Å². The van der Waals surface area contributed by atoms with Crippen LogP contribution in [-0.4, -0.2) is 0 Å². The third kappa shape index (κ3) is 8.61. The molecule has 1 atom stereocenters. The Bertz CT molecular complexity index is 6250. The normalized spacial score (nSPS) is 13.7. The van der Waals surface area contributed by atoms with Gasteiger partial charge in [-0.1, -0.05) is 230 Å². The molecule has 20 rings (SSSR count). The van der Waals surface area contributed by atoms with Gasteiger partial charge in [-0.25, -0.2) is 0 Å². The molecule has 18 aromatic rings. The minimum atomic E-state index is -0.904. The molecule has 1 spiro atoms. The van der Waals surface area contributed by atoms with Crippen LogP contribution in [0.3, 0.4) is 0 Å². The Morgan fingerprint density at radius 1 is 0.255 bits per heavy atom. The van der Waals surface area contributed by atoms with Gasteiger partial charge in [0, 0.05) is 82.6 Å². The average Bonchev–Trinajstić information content (AvgIpc) is 1.47. The number of hydrogen-bond acceptors (Lipinski definition) is 6. The Hall–Kier alpha value is -12.6. The highest BCUT2D eigenvalue weighted by atomic mass is 35.5. The molecule has 15 aromatic carbocycles. The summed E-state index contributed by atoms with van der Waals surface area (Å²) in [6.45, 7) is 0. The zero-order chi connectivity index (χ0) is 64.6. The molecule has 2 aliphatic rings. The van der Waals surface area contributed by atoms with Gasteiger partial charge in [-0.05, 0) is 171 Å². The van der Waals surface area contributed by atoms with Crippen molar-refractivity contribution in [1.82, 2.24) is 0 Å². The van der Waals surface area contributed by atoms with Crippen molar-refractivity contribution in [3.05, 3.63) is 361 Å². The molecule has 3 aromatic heterocycles. The molecule has 0 saturated carbocycles. The highest BCUT2D eigenvalue weighted by molar-refractivity contribution is 6.30. The number of hydrogen-bond donors (Lipinski definition) is 0. The van der Waals surface area contributed by atoms with E-state index in [1.165, 1.54) is 0 Å². The molecule has 0 amide bonds. The van der Waals surface area contributed by atoms with Gasteiger partial charge < -0.3 is 27.8 Å². The lowest BCUT2D eigenvalue weighted by Gasteiger charge is -2.40. The van der Waals surface area contributed by atoms with E-state index < -0.39 is 5.41 Å². The molecule has 98 heavy (non-hydrogen) atoms. The van der Waals surface area contributed by atoms with E-state index in [9.17, 15) is 0 Å². The van der Waals surface area contributed by atoms with Crippen molar-refractivity contribution >= 4 is 112 Å². The molecule has 1 unspecified atom stereocenters. The van der Waals surface area contributed by atoms with E-state index in [1.54, 1.807) is 0 Å². The van der Waals surface area contributed by atoms with Crippen LogP contribution in [0.2, 0.25) is 5.02 Å². The van der Waals surface area contributed by atoms with E-state index in [1.807, 2.05) is 36.4 Å². The van der Waals surface area contributed by atoms with E-state index in [0.29, 0.717) is 5.02 Å². The van der Waals surface area contributed by atoms with Crippen LogP contribution in [0, 0.1) is 0 Å². The maximum absolute atomic E-state index is 7.41. The molecule has 0 radical (unpaired) electrons. The number of para-hydroxylation sites is 5. The second-order valence-electron chi connectivity index (χ2n) is 25.5. The number of ether oxygens (including phenoxy) is 1. The number of halogens is 1. The van der Waals surface area contributed by atoms with Gasteiger partial charge in [0.2, 0.25) is 0 Å². The SMILES string of the molecule is Clc1ccc(-c2ccc3c(c2)Oc2ccc(N(c4ccccc4)c4cc(-c5ccccc5)cc5oc6ccccc6c45)cc2C32c3ccccc3-c3cc(N(c4cccc(-c5cccc6c5oc5ccccc56)c4)c4cc(-c5ccccc5)c5oc6ccccc6c5c4)ccc32)cc1. The fraction of sp³-hybridized carbons (Fsp3) is 0.0110. The Kier molecular flexibility index (Phi) is 12.5. The van der Waals surface area contributed by atoms with Gasteiger partial charge in [-0.2, -0.15) is 0 Å². The summed E-state index contributed by atoms with van der Waals surface area (Å²) in [5.41, 5.74) is 24.8. The summed E-state index contributed by atoms with van der Waals surface area (Å²) in [6.07, 6.45) is 0. The second kappa shape index (κ2) is 22.0. The predicted octanol–water partition coefficient (Wildman–Crippen LogP) is 26.1. The summed E-state index contributed by atoms with van der Waals surface area (Å²) >= 11 is 6.54. The molecule has 0 bridgehead atoms. The molecule has 0 saturated heterocycles. The summed E-state index contributed by atoms with van der Waals surface area (Å²) in [7, 11) is 0. The van der Waals surface area contributed by atoms with Gasteiger partial charge in [0.25, 0.3) is 0 Å². The number of furan rings is 3. The molecular formula is C91H55ClN2O4. The van der Waals surface area contributed by atoms with Crippen LogP contribution in [0.1, 0.15) is 22.3 Å². The molecule has 0 N–H and O–H groups in total. The maximum Gasteiger partial charge on any atom is 0.143 e. The zero-order valence-corrected chi connectivity index (χ0v) is 53.4. The maximum atomic E-state index is 7.41. The number of anilines is 6. The van der Waals surface area contributed by atoms with Crippen molar-refractivity contribution in [2.24, 2.45) is 0 Å². The van der Waals surface area contributed by atoms with E-state index >= 15 is 0 Å². The Morgan fingerprint density at radius 3 is 1.59 bits per heavy atom. The summed E-state index contributed by atoms with van der Waals surface area (Å²) in [5.74, 6) is 1.54. The smallest absolute Gasteiger partial charge is 0.143 e. The monoisotopic (exact) mass is 1270 g/mol. The van der Waals surface area contributed by atoms with E-state index in [4.69, 9.17) is 29.6 Å². The van der Waals surface area contributed by atoms with Crippen LogP contribution in [-0.2, 0) is 5.41 Å². The quantitative estimate of drug-likeness (QED) is 0.136. The molecule has 1 aliphatic carbocycles. The first-order valence-electron chi connectivity index (χ1n) is 33.1. The first kappa shape index (κ1) is 55.8. The van der Waals surface area contributed by atoms with E-state index in [-0.39, 0.29) is 0 Å². The number of benzene rings is 15. The van der Waals surface area contributed by atoms with Crippen LogP contribution in [0.25, 0.3) is 121 Å². The fourth-order valence-electron chi connectivity index (χ4n) is 15.9. The van der Waals surface area contributed by atoms with Gasteiger partial charge in [0.1, 0.15) is 45.0 Å².